The number of nitrogens with one attached hydrogen (secondary N) is 1. The van der Waals surface area contributed by atoms with Crippen molar-refractivity contribution in [2.24, 2.45) is 5.10 Å². The molecule has 0 atom stereocenters. The monoisotopic (exact) mass is 426 g/mol. The lowest BCUT2D eigenvalue weighted by atomic mass is 10.0. The molecule has 3 nitrogen and oxygen atoms in total. The molecule has 1 aromatic rings. The summed E-state index contributed by atoms with van der Waals surface area (Å²) in [4.78, 5) is 11.9. The highest BCUT2D eigenvalue weighted by Gasteiger charge is 2.00. The van der Waals surface area contributed by atoms with Crippen molar-refractivity contribution in [2.75, 3.05) is 0 Å². The van der Waals surface area contributed by atoms with E-state index in [1.165, 1.54) is 83.5 Å². The fourth-order valence-corrected chi connectivity index (χ4v) is 3.68. The van der Waals surface area contributed by atoms with Gasteiger partial charge in [-0.2, -0.15) is 5.10 Å². The van der Waals surface area contributed by atoms with Crippen LogP contribution in [-0.2, 0) is 4.79 Å². The van der Waals surface area contributed by atoms with Gasteiger partial charge in [0.05, 0.1) is 5.71 Å². The molecule has 0 spiro atoms. The van der Waals surface area contributed by atoms with Gasteiger partial charge in [0.25, 0.3) is 0 Å². The van der Waals surface area contributed by atoms with E-state index in [2.05, 4.69) is 17.5 Å². The third kappa shape index (κ3) is 17.5. The largest absolute Gasteiger partial charge is 0.273 e. The highest BCUT2D eigenvalue weighted by Crippen LogP contribution is 2.13. The Morgan fingerprint density at radius 2 is 1.26 bits per heavy atom. The highest BCUT2D eigenvalue weighted by molar-refractivity contribution is 5.96. The van der Waals surface area contributed by atoms with Crippen LogP contribution in [0.5, 0.6) is 0 Å². The summed E-state index contributed by atoms with van der Waals surface area (Å²) >= 11 is 0. The van der Waals surface area contributed by atoms with E-state index >= 15 is 0 Å². The molecule has 0 unspecified atom stereocenters. The number of nitrogens with zero attached hydrogens (tertiary/aromatic N) is 1. The van der Waals surface area contributed by atoms with Crippen LogP contribution in [0.2, 0.25) is 0 Å². The van der Waals surface area contributed by atoms with E-state index in [9.17, 15) is 4.79 Å². The lowest BCUT2D eigenvalue weighted by Gasteiger charge is -2.03. The summed E-state index contributed by atoms with van der Waals surface area (Å²) < 4.78 is 0. The molecule has 0 fully saturated rings. The Morgan fingerprint density at radius 3 is 1.77 bits per heavy atom. The molecule has 0 bridgehead atoms. The van der Waals surface area contributed by atoms with Gasteiger partial charge in [0.1, 0.15) is 0 Å². The fraction of sp³-hybridized carbons (Fsp3) is 0.643. The fourth-order valence-electron chi connectivity index (χ4n) is 3.68. The van der Waals surface area contributed by atoms with Crippen molar-refractivity contribution in [3.8, 4) is 0 Å². The molecule has 0 aliphatic rings. The van der Waals surface area contributed by atoms with Crippen LogP contribution in [0.1, 0.15) is 122 Å². The summed E-state index contributed by atoms with van der Waals surface area (Å²) in [6.07, 6.45) is 24.6. The predicted octanol–water partition coefficient (Wildman–Crippen LogP) is 8.45. The molecule has 0 aliphatic heterocycles. The number of hydrazone groups is 1. The topological polar surface area (TPSA) is 41.5 Å². The van der Waals surface area contributed by atoms with Gasteiger partial charge in [0, 0.05) is 6.42 Å². The minimum atomic E-state index is 0.0159. The van der Waals surface area contributed by atoms with Gasteiger partial charge in [0.15, 0.2) is 0 Å². The summed E-state index contributed by atoms with van der Waals surface area (Å²) in [5.41, 5.74) is 4.59. The third-order valence-electron chi connectivity index (χ3n) is 5.68. The molecule has 0 heterocycles. The Bertz CT molecular complexity index is 607. The van der Waals surface area contributed by atoms with Gasteiger partial charge >= 0.3 is 0 Å². The van der Waals surface area contributed by atoms with Gasteiger partial charge in [-0.15, -0.1) is 0 Å². The van der Waals surface area contributed by atoms with Gasteiger partial charge in [-0.25, -0.2) is 5.43 Å². The molecule has 1 N–H and O–H groups in total. The average Bonchev–Trinajstić information content (AvgIpc) is 2.79. The van der Waals surface area contributed by atoms with Gasteiger partial charge in [0.2, 0.25) is 5.91 Å². The van der Waals surface area contributed by atoms with Gasteiger partial charge < -0.3 is 0 Å². The maximum atomic E-state index is 11.9. The Hall–Kier alpha value is -1.90. The second-order valence-electron chi connectivity index (χ2n) is 8.73. The number of benzene rings is 1. The highest BCUT2D eigenvalue weighted by atomic mass is 16.2. The first-order valence-electron chi connectivity index (χ1n) is 12.8. The predicted molar refractivity (Wildman–Crippen MR) is 136 cm³/mol. The molecule has 1 amide bonds. The maximum Gasteiger partial charge on any atom is 0.240 e. The van der Waals surface area contributed by atoms with Crippen LogP contribution in [0.4, 0.5) is 0 Å². The average molecular weight is 427 g/mol. The first-order valence-corrected chi connectivity index (χ1v) is 12.8. The molecule has 0 radical (unpaired) electrons. The first-order chi connectivity index (χ1) is 15.2. The summed E-state index contributed by atoms with van der Waals surface area (Å²) in [6.45, 7) is 4.17. The van der Waals surface area contributed by atoms with Crippen molar-refractivity contribution >= 4 is 17.7 Å². The molecule has 1 aromatic carbocycles. The van der Waals surface area contributed by atoms with Crippen molar-refractivity contribution < 1.29 is 4.79 Å². The number of allylic oxidation sites excluding steroid dienone is 1. The van der Waals surface area contributed by atoms with Crippen LogP contribution >= 0.6 is 0 Å². The Kier molecular flexibility index (Phi) is 17.5. The minimum Gasteiger partial charge on any atom is -0.273 e. The van der Waals surface area contributed by atoms with E-state index in [-0.39, 0.29) is 5.91 Å². The molecule has 0 aromatic heterocycles. The summed E-state index contributed by atoms with van der Waals surface area (Å²) in [5, 5.41) is 4.16. The number of unbranched alkanes of at least 4 members (excludes halogenated alkanes) is 14. The molecule has 0 saturated carbocycles. The lowest BCUT2D eigenvalue weighted by Crippen LogP contribution is -2.18. The zero-order chi connectivity index (χ0) is 22.4. The van der Waals surface area contributed by atoms with E-state index in [0.29, 0.717) is 6.42 Å². The zero-order valence-corrected chi connectivity index (χ0v) is 20.2. The van der Waals surface area contributed by atoms with Gasteiger partial charge in [-0.1, -0.05) is 133 Å². The van der Waals surface area contributed by atoms with Gasteiger partial charge in [-0.05, 0) is 25.0 Å². The number of amides is 1. The number of carbonyl (C=O) groups is 1. The maximum absolute atomic E-state index is 11.9. The zero-order valence-electron chi connectivity index (χ0n) is 20.2. The summed E-state index contributed by atoms with van der Waals surface area (Å²) in [7, 11) is 0. The Morgan fingerprint density at radius 1 is 0.774 bits per heavy atom. The van der Waals surface area contributed by atoms with Crippen LogP contribution in [0.3, 0.4) is 0 Å². The standard InChI is InChI=1S/C28H46N2O/c1-3-4-5-6-7-8-9-10-11-12-13-14-15-16-20-23-28(31)30-29-26(2)24-25-27-21-18-17-19-22-27/h17-19,21-22,24-25H,3-16,20,23H2,1-2H3,(H,30,31)/b25-24+,29-26-. The van der Waals surface area contributed by atoms with Gasteiger partial charge in [-0.3, -0.25) is 4.79 Å². The number of hydrogen-bond donors (Lipinski definition) is 1. The Balaban J connectivity index is 1.89. The van der Waals surface area contributed by atoms with E-state index in [1.807, 2.05) is 49.4 Å². The summed E-state index contributed by atoms with van der Waals surface area (Å²) in [5.74, 6) is 0.0159. The molecule has 3 heteroatoms. The van der Waals surface area contributed by atoms with Crippen LogP contribution in [0, 0.1) is 0 Å². The quantitative estimate of drug-likeness (QED) is 0.134. The third-order valence-corrected chi connectivity index (χ3v) is 5.68. The number of rotatable bonds is 19. The van der Waals surface area contributed by atoms with Crippen molar-refractivity contribution in [3.05, 3.63) is 42.0 Å². The van der Waals surface area contributed by atoms with Crippen molar-refractivity contribution in [1.82, 2.24) is 5.43 Å². The molecule has 1 rings (SSSR count). The van der Waals surface area contributed by atoms with E-state index < -0.39 is 0 Å². The van der Waals surface area contributed by atoms with E-state index in [1.54, 1.807) is 0 Å². The van der Waals surface area contributed by atoms with Crippen molar-refractivity contribution in [2.45, 2.75) is 117 Å². The van der Waals surface area contributed by atoms with E-state index in [4.69, 9.17) is 0 Å². The van der Waals surface area contributed by atoms with Crippen LogP contribution in [0.15, 0.2) is 41.5 Å². The minimum absolute atomic E-state index is 0.0159. The summed E-state index contributed by atoms with van der Waals surface area (Å²) in [6, 6.07) is 10.1. The molecule has 0 aliphatic carbocycles. The molecular weight excluding hydrogens is 380 g/mol. The van der Waals surface area contributed by atoms with E-state index in [0.717, 1.165) is 24.1 Å². The second kappa shape index (κ2) is 20.0. The number of hydrogen-bond acceptors (Lipinski definition) is 2. The van der Waals surface area contributed by atoms with Crippen molar-refractivity contribution in [3.63, 3.8) is 0 Å². The first kappa shape index (κ1) is 27.1. The van der Waals surface area contributed by atoms with Crippen LogP contribution in [-0.4, -0.2) is 11.6 Å². The second-order valence-corrected chi connectivity index (χ2v) is 8.73. The number of carbonyl (C=O) groups excluding carboxylic acids is 1. The lowest BCUT2D eigenvalue weighted by molar-refractivity contribution is -0.121. The Labute approximate surface area is 191 Å². The normalized spacial score (nSPS) is 11.9. The molecular formula is C28H46N2O. The SMILES string of the molecule is CCCCCCCCCCCCCCCCCC(=O)N/N=C(C)\C=C\c1ccccc1. The van der Waals surface area contributed by atoms with Crippen molar-refractivity contribution in [1.29, 1.82) is 0 Å². The van der Waals surface area contributed by atoms with Crippen LogP contribution < -0.4 is 5.43 Å². The molecule has 31 heavy (non-hydrogen) atoms. The molecule has 174 valence electrons. The molecule has 0 saturated heterocycles. The smallest absolute Gasteiger partial charge is 0.240 e. The van der Waals surface area contributed by atoms with Crippen LogP contribution in [0.25, 0.3) is 6.08 Å².